The minimum Gasteiger partial charge on any atom is -0.490 e. The van der Waals surface area contributed by atoms with Crippen LogP contribution in [0.1, 0.15) is 42.7 Å². The molecule has 8 nitrogen and oxygen atoms in total. The van der Waals surface area contributed by atoms with Crippen molar-refractivity contribution in [3.8, 4) is 16.3 Å². The lowest BCUT2D eigenvalue weighted by Gasteiger charge is -2.44. The van der Waals surface area contributed by atoms with E-state index in [4.69, 9.17) is 19.6 Å². The highest BCUT2D eigenvalue weighted by molar-refractivity contribution is 7.15. The highest BCUT2D eigenvalue weighted by Crippen LogP contribution is 2.34. The van der Waals surface area contributed by atoms with E-state index < -0.39 is 12.6 Å². The number of rotatable bonds is 8. The van der Waals surface area contributed by atoms with Crippen molar-refractivity contribution in [3.05, 3.63) is 34.8 Å². The summed E-state index contributed by atoms with van der Waals surface area (Å²) in [6.45, 7) is 2.87. The van der Waals surface area contributed by atoms with Crippen molar-refractivity contribution in [2.24, 2.45) is 0 Å². The number of thiazole rings is 1. The van der Waals surface area contributed by atoms with Crippen LogP contribution >= 0.6 is 11.3 Å². The molecule has 2 fully saturated rings. The van der Waals surface area contributed by atoms with Gasteiger partial charge in [-0.1, -0.05) is 6.42 Å². The lowest BCUT2D eigenvalue weighted by atomic mass is 9.86. The molecular weight excluding hydrogens is 454 g/mol. The zero-order valence-corrected chi connectivity index (χ0v) is 20.1. The van der Waals surface area contributed by atoms with Crippen LogP contribution in [0.4, 0.5) is 0 Å². The van der Waals surface area contributed by atoms with Crippen molar-refractivity contribution in [3.63, 3.8) is 0 Å². The predicted octanol–water partition coefficient (Wildman–Crippen LogP) is 3.19. The first-order valence-electron chi connectivity index (χ1n) is 12.1. The van der Waals surface area contributed by atoms with Crippen molar-refractivity contribution in [2.75, 3.05) is 32.8 Å². The van der Waals surface area contributed by atoms with E-state index in [0.29, 0.717) is 31.7 Å². The van der Waals surface area contributed by atoms with E-state index in [1.807, 2.05) is 12.1 Å². The lowest BCUT2D eigenvalue weighted by Crippen LogP contribution is -2.50. The maximum absolute atomic E-state index is 12.3. The Bertz CT molecular complexity index is 1010. The Balaban J connectivity index is 1.13. The summed E-state index contributed by atoms with van der Waals surface area (Å²) < 4.78 is 11.1. The number of benzene rings is 1. The fourth-order valence-corrected chi connectivity index (χ4v) is 6.06. The van der Waals surface area contributed by atoms with Crippen LogP contribution in [0.3, 0.4) is 0 Å². The summed E-state index contributed by atoms with van der Waals surface area (Å²) in [5, 5.41) is 9.59. The van der Waals surface area contributed by atoms with E-state index >= 15 is 0 Å². The Labute approximate surface area is 203 Å². The average Bonchev–Trinajstić information content (AvgIpc) is 3.25. The second kappa shape index (κ2) is 10.4. The third-order valence-electron chi connectivity index (χ3n) is 6.92. The van der Waals surface area contributed by atoms with Crippen LogP contribution in [-0.2, 0) is 27.3 Å². The molecule has 34 heavy (non-hydrogen) atoms. The zero-order valence-electron chi connectivity index (χ0n) is 19.3. The fraction of sp³-hybridized carbons (Fsp3) is 0.560. The second-order valence-electron chi connectivity index (χ2n) is 9.33. The van der Waals surface area contributed by atoms with Gasteiger partial charge in [0.05, 0.1) is 12.2 Å². The lowest BCUT2D eigenvalue weighted by molar-refractivity contribution is -0.146. The fourth-order valence-electron chi connectivity index (χ4n) is 4.93. The molecule has 1 aromatic carbocycles. The Morgan fingerprint density at radius 2 is 1.82 bits per heavy atom. The number of aromatic nitrogens is 1. The summed E-state index contributed by atoms with van der Waals surface area (Å²) >= 11 is 1.60. The molecule has 3 heterocycles. The number of nitrogens with zero attached hydrogens (tertiary/aromatic N) is 3. The van der Waals surface area contributed by atoms with Gasteiger partial charge in [0.1, 0.15) is 30.1 Å². The van der Waals surface area contributed by atoms with Gasteiger partial charge in [-0.2, -0.15) is 0 Å². The first-order valence-corrected chi connectivity index (χ1v) is 12.9. The van der Waals surface area contributed by atoms with Crippen molar-refractivity contribution < 1.29 is 24.2 Å². The number of carboxylic acid groups (broad SMARTS) is 1. The normalized spacial score (nSPS) is 22.6. The number of carboxylic acids is 1. The van der Waals surface area contributed by atoms with E-state index in [0.717, 1.165) is 39.7 Å². The third-order valence-corrected chi connectivity index (χ3v) is 8.05. The number of ether oxygens (including phenoxy) is 2. The highest BCUT2D eigenvalue weighted by atomic mass is 32.1. The van der Waals surface area contributed by atoms with Gasteiger partial charge in [-0.15, -0.1) is 11.3 Å². The van der Waals surface area contributed by atoms with E-state index in [1.54, 1.807) is 16.2 Å². The summed E-state index contributed by atoms with van der Waals surface area (Å²) in [7, 11) is 0. The third kappa shape index (κ3) is 5.42. The number of piperidine rings is 1. The van der Waals surface area contributed by atoms with Gasteiger partial charge in [-0.3, -0.25) is 4.79 Å². The molecule has 5 rings (SSSR count). The van der Waals surface area contributed by atoms with Crippen LogP contribution in [0.2, 0.25) is 0 Å². The summed E-state index contributed by atoms with van der Waals surface area (Å²) in [4.78, 5) is 33.1. The Hall–Kier alpha value is -2.49. The molecule has 0 radical (unpaired) electrons. The molecule has 3 aliphatic rings. The molecule has 182 valence electrons. The minimum absolute atomic E-state index is 0.193. The van der Waals surface area contributed by atoms with E-state index in [-0.39, 0.29) is 12.5 Å². The van der Waals surface area contributed by atoms with Crippen LogP contribution < -0.4 is 4.74 Å². The summed E-state index contributed by atoms with van der Waals surface area (Å²) in [5.41, 5.74) is 2.09. The topological polar surface area (TPSA) is 92.2 Å². The number of aliphatic carboxylic acids is 1. The molecule has 1 aromatic heterocycles. The van der Waals surface area contributed by atoms with Crippen molar-refractivity contribution in [1.29, 1.82) is 0 Å². The first kappa shape index (κ1) is 23.3. The van der Waals surface area contributed by atoms with Gasteiger partial charge in [-0.25, -0.2) is 9.78 Å². The van der Waals surface area contributed by atoms with Crippen LogP contribution in [0.15, 0.2) is 24.3 Å². The Morgan fingerprint density at radius 1 is 1.06 bits per heavy atom. The maximum atomic E-state index is 12.3. The van der Waals surface area contributed by atoms with Crippen LogP contribution in [0, 0.1) is 0 Å². The Morgan fingerprint density at radius 3 is 2.56 bits per heavy atom. The zero-order chi connectivity index (χ0) is 23.5. The number of carbonyl (C=O) groups is 2. The molecule has 2 aliphatic heterocycles. The number of fused-ring (bicyclic) bond motifs is 1. The van der Waals surface area contributed by atoms with E-state index in [1.165, 1.54) is 32.4 Å². The smallest absolute Gasteiger partial charge is 0.329 e. The predicted molar refractivity (Wildman–Crippen MR) is 128 cm³/mol. The number of amides is 1. The quantitative estimate of drug-likeness (QED) is 0.614. The number of hydrogen-bond donors (Lipinski definition) is 1. The molecule has 9 heteroatoms. The highest BCUT2D eigenvalue weighted by Gasteiger charge is 2.35. The molecule has 1 N–H and O–H groups in total. The number of likely N-dealkylation sites (tertiary alicyclic amines) is 1. The molecule has 1 saturated heterocycles. The summed E-state index contributed by atoms with van der Waals surface area (Å²) in [6.07, 6.45) is 7.29. The second-order valence-corrected chi connectivity index (χ2v) is 10.4. The molecule has 1 aliphatic carbocycles. The van der Waals surface area contributed by atoms with Crippen molar-refractivity contribution in [2.45, 2.75) is 57.2 Å². The van der Waals surface area contributed by atoms with Crippen LogP contribution in [-0.4, -0.2) is 76.8 Å². The molecule has 1 saturated carbocycles. The SMILES string of the molecule is O=C(O)COCC(=O)N1CCc2nc(-c3ccc(O[C@H]4C[C@H](N5CCCCC5)C4)cc3)sc2C1. The first-order chi connectivity index (χ1) is 16.5. The molecule has 0 spiro atoms. The van der Waals surface area contributed by atoms with Gasteiger partial charge in [0.25, 0.3) is 0 Å². The number of carbonyl (C=O) groups excluding carboxylic acids is 1. The van der Waals surface area contributed by atoms with Gasteiger partial charge >= 0.3 is 5.97 Å². The van der Waals surface area contributed by atoms with Crippen molar-refractivity contribution in [1.82, 2.24) is 14.8 Å². The van der Waals surface area contributed by atoms with Gasteiger partial charge in [0.2, 0.25) is 5.91 Å². The van der Waals surface area contributed by atoms with Crippen LogP contribution in [0.5, 0.6) is 5.75 Å². The van der Waals surface area contributed by atoms with Gasteiger partial charge < -0.3 is 24.4 Å². The van der Waals surface area contributed by atoms with Gasteiger partial charge in [0, 0.05) is 42.3 Å². The summed E-state index contributed by atoms with van der Waals surface area (Å²) in [6, 6.07) is 8.87. The summed E-state index contributed by atoms with van der Waals surface area (Å²) in [5.74, 6) is -0.362. The molecule has 1 amide bonds. The standard InChI is InChI=1S/C25H31N3O5S/c29-23(15-32-16-24(30)31)28-11-8-21-22(14-28)34-25(26-21)17-4-6-19(7-5-17)33-20-12-18(13-20)27-9-2-1-3-10-27/h4-7,18,20H,1-3,8-16H2,(H,30,31)/t18-,20-. The average molecular weight is 486 g/mol. The van der Waals surface area contributed by atoms with Gasteiger partial charge in [0.15, 0.2) is 0 Å². The van der Waals surface area contributed by atoms with E-state index in [9.17, 15) is 9.59 Å². The van der Waals surface area contributed by atoms with Crippen LogP contribution in [0.25, 0.3) is 10.6 Å². The van der Waals surface area contributed by atoms with E-state index in [2.05, 4.69) is 17.0 Å². The largest absolute Gasteiger partial charge is 0.490 e. The molecule has 0 unspecified atom stereocenters. The molecule has 0 bridgehead atoms. The number of hydrogen-bond acceptors (Lipinski definition) is 7. The minimum atomic E-state index is -1.08. The monoisotopic (exact) mass is 485 g/mol. The maximum Gasteiger partial charge on any atom is 0.329 e. The molecule has 2 aromatic rings. The Kier molecular flexibility index (Phi) is 7.12. The molecule has 0 atom stereocenters. The van der Waals surface area contributed by atoms with Gasteiger partial charge in [-0.05, 0) is 50.2 Å². The van der Waals surface area contributed by atoms with Crippen molar-refractivity contribution >= 4 is 23.2 Å². The molecular formula is C25H31N3O5S.